The minimum atomic E-state index is -0.393. The van der Waals surface area contributed by atoms with Gasteiger partial charge in [0.2, 0.25) is 0 Å². The number of nitrogens with zero attached hydrogens (tertiary/aromatic N) is 2. The van der Waals surface area contributed by atoms with Gasteiger partial charge in [-0.25, -0.2) is 5.43 Å². The Morgan fingerprint density at radius 3 is 2.57 bits per heavy atom. The van der Waals surface area contributed by atoms with Crippen LogP contribution in [0.4, 0.5) is 0 Å². The lowest BCUT2D eigenvalue weighted by atomic mass is 10.1. The van der Waals surface area contributed by atoms with Crippen LogP contribution in [-0.4, -0.2) is 16.7 Å². The molecule has 0 aliphatic carbocycles. The number of amides is 1. The predicted molar refractivity (Wildman–Crippen MR) is 124 cm³/mol. The summed E-state index contributed by atoms with van der Waals surface area (Å²) in [5, 5.41) is 7.24. The third-order valence-electron chi connectivity index (χ3n) is 5.02. The predicted octanol–water partition coefficient (Wildman–Crippen LogP) is 6.32. The van der Waals surface area contributed by atoms with Crippen LogP contribution in [0.25, 0.3) is 16.5 Å². The second-order valence-electron chi connectivity index (χ2n) is 6.98. The van der Waals surface area contributed by atoms with Crippen LogP contribution in [0.2, 0.25) is 10.0 Å². The minimum absolute atomic E-state index is 0.282. The van der Waals surface area contributed by atoms with Gasteiger partial charge in [-0.3, -0.25) is 4.79 Å². The molecule has 0 spiro atoms. The van der Waals surface area contributed by atoms with Crippen LogP contribution in [-0.2, 0) is 0 Å². The molecule has 0 aliphatic rings. The molecule has 4 rings (SSSR count). The van der Waals surface area contributed by atoms with Crippen molar-refractivity contribution in [1.29, 1.82) is 0 Å². The first kappa shape index (κ1) is 20.2. The van der Waals surface area contributed by atoms with Crippen molar-refractivity contribution in [3.63, 3.8) is 0 Å². The van der Waals surface area contributed by atoms with E-state index in [4.69, 9.17) is 23.2 Å². The number of hydrazone groups is 1. The molecule has 0 aliphatic heterocycles. The zero-order chi connectivity index (χ0) is 21.3. The van der Waals surface area contributed by atoms with E-state index in [0.717, 1.165) is 22.6 Å². The summed E-state index contributed by atoms with van der Waals surface area (Å²) in [6.45, 7) is 4.09. The number of rotatable bonds is 4. The minimum Gasteiger partial charge on any atom is -0.317 e. The van der Waals surface area contributed by atoms with Crippen molar-refractivity contribution in [2.75, 3.05) is 0 Å². The summed E-state index contributed by atoms with van der Waals surface area (Å²) < 4.78 is 2.20. The maximum Gasteiger partial charge on any atom is 0.272 e. The van der Waals surface area contributed by atoms with Crippen LogP contribution in [0.1, 0.15) is 27.3 Å². The molecule has 0 unspecified atom stereocenters. The van der Waals surface area contributed by atoms with Crippen molar-refractivity contribution in [2.45, 2.75) is 13.8 Å². The molecule has 0 bridgehead atoms. The Labute approximate surface area is 184 Å². The molecule has 1 N–H and O–H groups in total. The van der Waals surface area contributed by atoms with E-state index in [1.165, 1.54) is 16.8 Å². The molecular formula is C24H19Cl2N3O. The standard InChI is InChI=1S/C24H19Cl2N3O/c1-15-12-18(14-27-28-24(30)21-11-10-19(25)13-22(21)26)16(2)29(15)23-9-5-7-17-6-3-4-8-20(17)23/h3-14H,1-2H3,(H,28,30)/b27-14-. The highest BCUT2D eigenvalue weighted by Crippen LogP contribution is 2.27. The highest BCUT2D eigenvalue weighted by atomic mass is 35.5. The highest BCUT2D eigenvalue weighted by molar-refractivity contribution is 6.36. The number of nitrogens with one attached hydrogen (secondary N) is 1. The Kier molecular flexibility index (Phi) is 5.62. The monoisotopic (exact) mass is 435 g/mol. The van der Waals surface area contributed by atoms with E-state index in [9.17, 15) is 4.79 Å². The normalized spacial score (nSPS) is 11.3. The smallest absolute Gasteiger partial charge is 0.272 e. The Hall–Kier alpha value is -3.08. The molecule has 4 aromatic rings. The van der Waals surface area contributed by atoms with Crippen molar-refractivity contribution in [3.05, 3.63) is 99.3 Å². The Morgan fingerprint density at radius 1 is 1.00 bits per heavy atom. The Balaban J connectivity index is 1.62. The van der Waals surface area contributed by atoms with Crippen LogP contribution >= 0.6 is 23.2 Å². The zero-order valence-corrected chi connectivity index (χ0v) is 18.0. The number of carbonyl (C=O) groups excluding carboxylic acids is 1. The fourth-order valence-electron chi connectivity index (χ4n) is 3.59. The van der Waals surface area contributed by atoms with Crippen LogP contribution in [0.15, 0.2) is 71.8 Å². The summed E-state index contributed by atoms with van der Waals surface area (Å²) >= 11 is 12.0. The molecule has 1 heterocycles. The highest BCUT2D eigenvalue weighted by Gasteiger charge is 2.13. The van der Waals surface area contributed by atoms with E-state index in [0.29, 0.717) is 10.6 Å². The van der Waals surface area contributed by atoms with Crippen molar-refractivity contribution in [3.8, 4) is 5.69 Å². The summed E-state index contributed by atoms with van der Waals surface area (Å²) in [5.41, 5.74) is 6.99. The number of aromatic nitrogens is 1. The van der Waals surface area contributed by atoms with Crippen molar-refractivity contribution < 1.29 is 4.79 Å². The topological polar surface area (TPSA) is 46.4 Å². The van der Waals surface area contributed by atoms with Crippen molar-refractivity contribution in [2.24, 2.45) is 5.10 Å². The number of carbonyl (C=O) groups is 1. The lowest BCUT2D eigenvalue weighted by molar-refractivity contribution is 0.0955. The first-order valence-corrected chi connectivity index (χ1v) is 10.2. The number of aryl methyl sites for hydroxylation is 1. The molecule has 0 saturated carbocycles. The summed E-state index contributed by atoms with van der Waals surface area (Å²) in [7, 11) is 0. The first-order chi connectivity index (χ1) is 14.5. The van der Waals surface area contributed by atoms with Gasteiger partial charge >= 0.3 is 0 Å². The number of hydrogen-bond acceptors (Lipinski definition) is 2. The molecule has 0 atom stereocenters. The average Bonchev–Trinajstić information content (AvgIpc) is 3.00. The van der Waals surface area contributed by atoms with E-state index >= 15 is 0 Å². The lowest BCUT2D eigenvalue weighted by Gasteiger charge is -2.13. The number of hydrogen-bond donors (Lipinski definition) is 1. The number of halogens is 2. The Bertz CT molecular complexity index is 1290. The van der Waals surface area contributed by atoms with E-state index in [-0.39, 0.29) is 5.02 Å². The third kappa shape index (κ3) is 3.84. The molecular weight excluding hydrogens is 417 g/mol. The SMILES string of the molecule is Cc1cc(/C=N\NC(=O)c2ccc(Cl)cc2Cl)c(C)n1-c1cccc2ccccc12. The Morgan fingerprint density at radius 2 is 1.77 bits per heavy atom. The maximum atomic E-state index is 12.3. The molecule has 0 saturated heterocycles. The lowest BCUT2D eigenvalue weighted by Crippen LogP contribution is -2.18. The number of benzene rings is 3. The van der Waals surface area contributed by atoms with Gasteiger partial charge in [0.1, 0.15) is 0 Å². The number of fused-ring (bicyclic) bond motifs is 1. The van der Waals surface area contributed by atoms with E-state index < -0.39 is 5.91 Å². The fourth-order valence-corrected chi connectivity index (χ4v) is 4.08. The van der Waals surface area contributed by atoms with Gasteiger partial charge in [0.25, 0.3) is 5.91 Å². The summed E-state index contributed by atoms with van der Waals surface area (Å²) in [6, 6.07) is 21.3. The second-order valence-corrected chi connectivity index (χ2v) is 7.83. The van der Waals surface area contributed by atoms with E-state index in [1.54, 1.807) is 18.3 Å². The van der Waals surface area contributed by atoms with E-state index in [2.05, 4.69) is 52.3 Å². The van der Waals surface area contributed by atoms with Crippen LogP contribution in [0.3, 0.4) is 0 Å². The van der Waals surface area contributed by atoms with E-state index in [1.807, 2.05) is 25.1 Å². The van der Waals surface area contributed by atoms with Crippen molar-refractivity contribution >= 4 is 46.1 Å². The van der Waals surface area contributed by atoms with Gasteiger partial charge in [-0.05, 0) is 49.6 Å². The van der Waals surface area contributed by atoms with Gasteiger partial charge in [0, 0.05) is 27.4 Å². The van der Waals surface area contributed by atoms with Gasteiger partial charge < -0.3 is 4.57 Å². The third-order valence-corrected chi connectivity index (χ3v) is 5.57. The molecule has 6 heteroatoms. The largest absolute Gasteiger partial charge is 0.317 e. The zero-order valence-electron chi connectivity index (χ0n) is 16.5. The first-order valence-electron chi connectivity index (χ1n) is 9.41. The second kappa shape index (κ2) is 8.34. The summed E-state index contributed by atoms with van der Waals surface area (Å²) in [6.07, 6.45) is 1.64. The molecule has 0 fully saturated rings. The summed E-state index contributed by atoms with van der Waals surface area (Å²) in [4.78, 5) is 12.3. The maximum absolute atomic E-state index is 12.3. The quantitative estimate of drug-likeness (QED) is 0.295. The molecule has 4 nitrogen and oxygen atoms in total. The molecule has 0 radical (unpaired) electrons. The molecule has 150 valence electrons. The van der Waals surface area contributed by atoms with Gasteiger partial charge in [0.15, 0.2) is 0 Å². The summed E-state index contributed by atoms with van der Waals surface area (Å²) in [5.74, 6) is -0.393. The van der Waals surface area contributed by atoms with Crippen LogP contribution in [0, 0.1) is 13.8 Å². The van der Waals surface area contributed by atoms with Crippen molar-refractivity contribution in [1.82, 2.24) is 9.99 Å². The van der Waals surface area contributed by atoms with Gasteiger partial charge in [-0.1, -0.05) is 59.6 Å². The fraction of sp³-hybridized carbons (Fsp3) is 0.0833. The molecule has 30 heavy (non-hydrogen) atoms. The molecule has 1 aromatic heterocycles. The molecule has 3 aromatic carbocycles. The van der Waals surface area contributed by atoms with Gasteiger partial charge in [-0.15, -0.1) is 0 Å². The van der Waals surface area contributed by atoms with Crippen LogP contribution in [0.5, 0.6) is 0 Å². The molecule has 1 amide bonds. The van der Waals surface area contributed by atoms with Gasteiger partial charge in [0.05, 0.1) is 22.5 Å². The average molecular weight is 436 g/mol. The van der Waals surface area contributed by atoms with Gasteiger partial charge in [-0.2, -0.15) is 5.10 Å². The van der Waals surface area contributed by atoms with Crippen LogP contribution < -0.4 is 5.43 Å².